The molecule has 9 nitrogen and oxygen atoms in total. The summed E-state index contributed by atoms with van der Waals surface area (Å²) in [6.07, 6.45) is -3.03. The van der Waals surface area contributed by atoms with Crippen LogP contribution in [-0.2, 0) is 27.4 Å². The summed E-state index contributed by atoms with van der Waals surface area (Å²) in [6, 6.07) is 12.1. The van der Waals surface area contributed by atoms with Crippen molar-refractivity contribution < 1.29 is 24.2 Å². The smallest absolute Gasteiger partial charge is 0.259 e. The fourth-order valence-corrected chi connectivity index (χ4v) is 3.77. The second kappa shape index (κ2) is 8.46. The number of ether oxygens (including phenoxy) is 1. The highest BCUT2D eigenvalue weighted by Crippen LogP contribution is 2.28. The second-order valence-electron chi connectivity index (χ2n) is 7.62. The average molecular weight is 424 g/mol. The van der Waals surface area contributed by atoms with E-state index in [4.69, 9.17) is 10.5 Å². The molecule has 0 radical (unpaired) electrons. The van der Waals surface area contributed by atoms with Crippen molar-refractivity contribution in [2.45, 2.75) is 25.3 Å². The van der Waals surface area contributed by atoms with Crippen molar-refractivity contribution in [2.75, 3.05) is 30.4 Å². The highest BCUT2D eigenvalue weighted by Gasteiger charge is 2.40. The van der Waals surface area contributed by atoms with Crippen molar-refractivity contribution >= 4 is 29.1 Å². The molecule has 2 aromatic carbocycles. The quantitative estimate of drug-likeness (QED) is 0.641. The molecule has 4 N–H and O–H groups in total. The van der Waals surface area contributed by atoms with Crippen LogP contribution in [0.3, 0.4) is 0 Å². The number of aliphatic hydroxyl groups is 1. The molecular formula is C22H24N4O5. The molecule has 4 rings (SSSR count). The van der Waals surface area contributed by atoms with Crippen molar-refractivity contribution in [2.24, 2.45) is 5.73 Å². The Hall–Kier alpha value is -3.27. The van der Waals surface area contributed by atoms with Gasteiger partial charge in [-0.3, -0.25) is 14.4 Å². The van der Waals surface area contributed by atoms with Gasteiger partial charge in [0.25, 0.3) is 17.7 Å². The molecule has 1 fully saturated rings. The third kappa shape index (κ3) is 4.02. The molecule has 0 aliphatic carbocycles. The number of carbonyl (C=O) groups excluding carboxylic acids is 3. The third-order valence-corrected chi connectivity index (χ3v) is 5.52. The van der Waals surface area contributed by atoms with E-state index in [1.54, 1.807) is 48.3 Å². The van der Waals surface area contributed by atoms with Crippen LogP contribution in [0, 0.1) is 0 Å². The monoisotopic (exact) mass is 424 g/mol. The van der Waals surface area contributed by atoms with Gasteiger partial charge in [0, 0.05) is 43.6 Å². The maximum Gasteiger partial charge on any atom is 0.259 e. The number of benzene rings is 2. The summed E-state index contributed by atoms with van der Waals surface area (Å²) in [4.78, 5) is 40.8. The van der Waals surface area contributed by atoms with Crippen LogP contribution in [-0.4, -0.2) is 60.1 Å². The van der Waals surface area contributed by atoms with Crippen molar-refractivity contribution in [3.8, 4) is 0 Å². The van der Waals surface area contributed by atoms with E-state index < -0.39 is 24.0 Å². The number of rotatable bonds is 5. The summed E-state index contributed by atoms with van der Waals surface area (Å²) in [6.45, 7) is 1.31. The summed E-state index contributed by atoms with van der Waals surface area (Å²) in [5.41, 5.74) is 8.92. The number of nitrogens with zero attached hydrogens (tertiary/aromatic N) is 2. The van der Waals surface area contributed by atoms with E-state index in [0.717, 1.165) is 11.1 Å². The van der Waals surface area contributed by atoms with Gasteiger partial charge in [-0.25, -0.2) is 0 Å². The Kier molecular flexibility index (Phi) is 5.73. The van der Waals surface area contributed by atoms with Gasteiger partial charge in [-0.2, -0.15) is 0 Å². The summed E-state index contributed by atoms with van der Waals surface area (Å²) in [7, 11) is 1.72. The largest absolute Gasteiger partial charge is 0.380 e. The van der Waals surface area contributed by atoms with E-state index in [1.165, 1.54) is 4.90 Å². The van der Waals surface area contributed by atoms with Crippen LogP contribution >= 0.6 is 0 Å². The minimum Gasteiger partial charge on any atom is -0.380 e. The van der Waals surface area contributed by atoms with Crippen LogP contribution in [0.15, 0.2) is 42.5 Å². The molecule has 0 saturated carbocycles. The third-order valence-electron chi connectivity index (χ3n) is 5.52. The summed E-state index contributed by atoms with van der Waals surface area (Å²) in [5, 5.41) is 13.1. The molecule has 2 aromatic rings. The topological polar surface area (TPSA) is 125 Å². The van der Waals surface area contributed by atoms with Crippen molar-refractivity contribution in [3.63, 3.8) is 0 Å². The van der Waals surface area contributed by atoms with Gasteiger partial charge in [0.05, 0.1) is 6.61 Å². The first-order valence-electron chi connectivity index (χ1n) is 9.98. The summed E-state index contributed by atoms with van der Waals surface area (Å²) >= 11 is 0. The molecular weight excluding hydrogens is 400 g/mol. The number of aliphatic hydroxyl groups excluding tert-OH is 1. The Balaban J connectivity index is 1.48. The first-order chi connectivity index (χ1) is 14.9. The maximum atomic E-state index is 13.0. The minimum atomic E-state index is -1.69. The van der Waals surface area contributed by atoms with Crippen LogP contribution in [0.4, 0.5) is 11.4 Å². The van der Waals surface area contributed by atoms with Gasteiger partial charge in [0.15, 0.2) is 12.2 Å². The minimum absolute atomic E-state index is 0.103. The molecule has 0 bridgehead atoms. The Bertz CT molecular complexity index is 1020. The number of anilines is 2. The molecule has 0 aromatic heterocycles. The molecule has 0 spiro atoms. The zero-order chi connectivity index (χ0) is 22.1. The number of morpholine rings is 1. The fourth-order valence-electron chi connectivity index (χ4n) is 3.77. The van der Waals surface area contributed by atoms with E-state index >= 15 is 0 Å². The molecule has 162 valence electrons. The number of amides is 3. The number of nitrogens with one attached hydrogen (secondary N) is 1. The molecule has 2 heterocycles. The fraction of sp³-hybridized carbons (Fsp3) is 0.318. The Labute approximate surface area is 179 Å². The van der Waals surface area contributed by atoms with Crippen LogP contribution in [0.5, 0.6) is 0 Å². The molecule has 1 saturated heterocycles. The van der Waals surface area contributed by atoms with E-state index in [1.807, 2.05) is 6.07 Å². The van der Waals surface area contributed by atoms with Crippen molar-refractivity contribution in [3.05, 3.63) is 59.2 Å². The Morgan fingerprint density at radius 3 is 2.71 bits per heavy atom. The van der Waals surface area contributed by atoms with Gasteiger partial charge < -0.3 is 30.7 Å². The SMILES string of the molecule is CN1Cc2ccc(N3CCOC(C(O)C(=O)Nc4ccc(CN)cc4)C3=O)cc2C1=O. The Morgan fingerprint density at radius 2 is 2.00 bits per heavy atom. The van der Waals surface area contributed by atoms with Crippen LogP contribution in [0.1, 0.15) is 21.5 Å². The van der Waals surface area contributed by atoms with Crippen LogP contribution in [0.2, 0.25) is 0 Å². The number of hydrogen-bond acceptors (Lipinski definition) is 6. The van der Waals surface area contributed by atoms with Gasteiger partial charge in [0.1, 0.15) is 0 Å². The van der Waals surface area contributed by atoms with E-state index in [0.29, 0.717) is 30.0 Å². The molecule has 9 heteroatoms. The van der Waals surface area contributed by atoms with E-state index in [-0.39, 0.29) is 19.1 Å². The van der Waals surface area contributed by atoms with Gasteiger partial charge in [-0.1, -0.05) is 18.2 Å². The lowest BCUT2D eigenvalue weighted by Crippen LogP contribution is -2.55. The predicted octanol–water partition coefficient (Wildman–Crippen LogP) is 0.462. The van der Waals surface area contributed by atoms with Gasteiger partial charge >= 0.3 is 0 Å². The molecule has 2 unspecified atom stereocenters. The van der Waals surface area contributed by atoms with Gasteiger partial charge in [0.2, 0.25) is 0 Å². The van der Waals surface area contributed by atoms with Crippen LogP contribution < -0.4 is 16.0 Å². The number of carbonyl (C=O) groups is 3. The van der Waals surface area contributed by atoms with E-state index in [9.17, 15) is 19.5 Å². The standard InChI is InChI=1S/C22H24N4O5/c1-25-12-14-4-7-16(10-17(14)21(25)29)26-8-9-31-19(22(26)30)18(27)20(28)24-15-5-2-13(11-23)3-6-15/h2-7,10,18-19,27H,8-9,11-12,23H2,1H3,(H,24,28). The lowest BCUT2D eigenvalue weighted by molar-refractivity contribution is -0.150. The predicted molar refractivity (Wildman–Crippen MR) is 113 cm³/mol. The van der Waals surface area contributed by atoms with Gasteiger partial charge in [-0.05, 0) is 35.4 Å². The number of fused-ring (bicyclic) bond motifs is 1. The molecule has 2 atom stereocenters. The highest BCUT2D eigenvalue weighted by molar-refractivity contribution is 6.05. The zero-order valence-electron chi connectivity index (χ0n) is 17.1. The lowest BCUT2D eigenvalue weighted by Gasteiger charge is -2.34. The normalized spacial score (nSPS) is 19.4. The second-order valence-corrected chi connectivity index (χ2v) is 7.62. The highest BCUT2D eigenvalue weighted by atomic mass is 16.5. The average Bonchev–Trinajstić information content (AvgIpc) is 3.07. The molecule has 2 aliphatic rings. The summed E-state index contributed by atoms with van der Waals surface area (Å²) in [5.74, 6) is -1.38. The van der Waals surface area contributed by atoms with Gasteiger partial charge in [-0.15, -0.1) is 0 Å². The maximum absolute atomic E-state index is 13.0. The van der Waals surface area contributed by atoms with Crippen molar-refractivity contribution in [1.82, 2.24) is 4.90 Å². The van der Waals surface area contributed by atoms with Crippen molar-refractivity contribution in [1.29, 1.82) is 0 Å². The molecule has 31 heavy (non-hydrogen) atoms. The van der Waals surface area contributed by atoms with Crippen LogP contribution in [0.25, 0.3) is 0 Å². The Morgan fingerprint density at radius 1 is 1.26 bits per heavy atom. The lowest BCUT2D eigenvalue weighted by atomic mass is 10.1. The number of hydrogen-bond donors (Lipinski definition) is 3. The molecule has 2 aliphatic heterocycles. The first kappa shape index (κ1) is 21.0. The number of nitrogens with two attached hydrogens (primary N) is 1. The van der Waals surface area contributed by atoms with E-state index in [2.05, 4.69) is 5.32 Å². The summed E-state index contributed by atoms with van der Waals surface area (Å²) < 4.78 is 5.44. The zero-order valence-corrected chi connectivity index (χ0v) is 17.1. The molecule has 3 amide bonds. The first-order valence-corrected chi connectivity index (χ1v) is 9.98.